The summed E-state index contributed by atoms with van der Waals surface area (Å²) in [5, 5.41) is 9.11. The first-order chi connectivity index (χ1) is 8.93. The van der Waals surface area contributed by atoms with Gasteiger partial charge in [-0.05, 0) is 54.5 Å². The second-order valence-corrected chi connectivity index (χ2v) is 5.99. The molecule has 1 aromatic rings. The molecule has 1 aliphatic heterocycles. The number of carboxylic acid groups (broad SMARTS) is 1. The van der Waals surface area contributed by atoms with Crippen LogP contribution in [-0.4, -0.2) is 34.5 Å². The Morgan fingerprint density at radius 1 is 1.42 bits per heavy atom. The van der Waals surface area contributed by atoms with Crippen molar-refractivity contribution in [2.45, 2.75) is 26.3 Å². The first-order valence-corrected chi connectivity index (χ1v) is 7.30. The van der Waals surface area contributed by atoms with E-state index < -0.39 is 11.9 Å². The summed E-state index contributed by atoms with van der Waals surface area (Å²) < 4.78 is 0.941. The molecule has 1 heterocycles. The first-order valence-electron chi connectivity index (χ1n) is 6.22. The summed E-state index contributed by atoms with van der Waals surface area (Å²) >= 11 is 2.17. The highest BCUT2D eigenvalue weighted by atomic mass is 127. The van der Waals surface area contributed by atoms with Crippen LogP contribution >= 0.6 is 22.6 Å². The van der Waals surface area contributed by atoms with Gasteiger partial charge in [-0.1, -0.05) is 12.1 Å². The third kappa shape index (κ3) is 2.61. The van der Waals surface area contributed by atoms with Crippen LogP contribution in [-0.2, 0) is 4.79 Å². The van der Waals surface area contributed by atoms with Crippen molar-refractivity contribution in [1.82, 2.24) is 4.90 Å². The summed E-state index contributed by atoms with van der Waals surface area (Å²) in [5.74, 6) is -1.34. The number of benzene rings is 1. The number of aliphatic carboxylic acids is 1. The monoisotopic (exact) mass is 373 g/mol. The van der Waals surface area contributed by atoms with Crippen molar-refractivity contribution in [1.29, 1.82) is 0 Å². The largest absolute Gasteiger partial charge is 0.481 e. The molecule has 1 saturated heterocycles. The third-order valence-electron chi connectivity index (χ3n) is 3.76. The molecule has 1 fully saturated rings. The maximum atomic E-state index is 12.5. The van der Waals surface area contributed by atoms with Gasteiger partial charge in [-0.2, -0.15) is 0 Å². The van der Waals surface area contributed by atoms with Gasteiger partial charge in [-0.15, -0.1) is 0 Å². The Bertz CT molecular complexity index is 529. The van der Waals surface area contributed by atoms with Crippen molar-refractivity contribution in [2.24, 2.45) is 5.92 Å². The lowest BCUT2D eigenvalue weighted by atomic mass is 10.0. The summed E-state index contributed by atoms with van der Waals surface area (Å²) in [7, 11) is 0. The molecule has 1 aromatic carbocycles. The van der Waals surface area contributed by atoms with Gasteiger partial charge in [0.1, 0.15) is 0 Å². The molecule has 2 rings (SSSR count). The number of halogens is 1. The highest BCUT2D eigenvalue weighted by molar-refractivity contribution is 14.1. The lowest BCUT2D eigenvalue weighted by Crippen LogP contribution is -2.38. The van der Waals surface area contributed by atoms with E-state index in [1.54, 1.807) is 11.0 Å². The summed E-state index contributed by atoms with van der Waals surface area (Å²) in [6, 6.07) is 5.38. The van der Waals surface area contributed by atoms with Gasteiger partial charge in [0, 0.05) is 16.2 Å². The quantitative estimate of drug-likeness (QED) is 0.811. The van der Waals surface area contributed by atoms with E-state index in [1.165, 1.54) is 0 Å². The number of carboxylic acids is 1. The molecule has 5 heteroatoms. The van der Waals surface area contributed by atoms with Gasteiger partial charge in [0.2, 0.25) is 0 Å². The van der Waals surface area contributed by atoms with Crippen LogP contribution in [0.25, 0.3) is 0 Å². The second kappa shape index (κ2) is 5.48. The fourth-order valence-electron chi connectivity index (χ4n) is 2.52. The maximum absolute atomic E-state index is 12.5. The van der Waals surface area contributed by atoms with Gasteiger partial charge in [-0.25, -0.2) is 0 Å². The number of hydrogen-bond acceptors (Lipinski definition) is 2. The topological polar surface area (TPSA) is 57.6 Å². The van der Waals surface area contributed by atoms with Crippen LogP contribution in [0.15, 0.2) is 18.2 Å². The maximum Gasteiger partial charge on any atom is 0.308 e. The zero-order valence-electron chi connectivity index (χ0n) is 10.9. The van der Waals surface area contributed by atoms with E-state index in [-0.39, 0.29) is 11.9 Å². The second-order valence-electron chi connectivity index (χ2n) is 4.91. The average molecular weight is 373 g/mol. The van der Waals surface area contributed by atoms with Gasteiger partial charge < -0.3 is 10.0 Å². The molecule has 1 aliphatic rings. The summed E-state index contributed by atoms with van der Waals surface area (Å²) in [4.78, 5) is 25.3. The average Bonchev–Trinajstić information content (AvgIpc) is 2.74. The number of hydrogen-bond donors (Lipinski definition) is 1. The van der Waals surface area contributed by atoms with Gasteiger partial charge in [0.15, 0.2) is 0 Å². The Morgan fingerprint density at radius 3 is 2.68 bits per heavy atom. The molecule has 0 saturated carbocycles. The van der Waals surface area contributed by atoms with Crippen LogP contribution in [0.4, 0.5) is 0 Å². The molecule has 19 heavy (non-hydrogen) atoms. The highest BCUT2D eigenvalue weighted by Gasteiger charge is 2.38. The van der Waals surface area contributed by atoms with Crippen molar-refractivity contribution in [3.8, 4) is 0 Å². The first kappa shape index (κ1) is 14.3. The molecule has 2 unspecified atom stereocenters. The molecular weight excluding hydrogens is 357 g/mol. The predicted octanol–water partition coefficient (Wildman–Crippen LogP) is 2.53. The van der Waals surface area contributed by atoms with E-state index in [0.29, 0.717) is 18.5 Å². The van der Waals surface area contributed by atoms with Crippen molar-refractivity contribution in [3.63, 3.8) is 0 Å². The zero-order chi connectivity index (χ0) is 14.2. The summed E-state index contributed by atoms with van der Waals surface area (Å²) in [6.45, 7) is 4.29. The summed E-state index contributed by atoms with van der Waals surface area (Å²) in [6.07, 6.45) is 0.532. The van der Waals surface area contributed by atoms with Gasteiger partial charge in [-0.3, -0.25) is 9.59 Å². The lowest BCUT2D eigenvalue weighted by molar-refractivity contribution is -0.142. The number of aryl methyl sites for hydroxylation is 1. The van der Waals surface area contributed by atoms with Crippen molar-refractivity contribution >= 4 is 34.5 Å². The normalized spacial score (nSPS) is 22.6. The molecular formula is C14H16INO3. The minimum Gasteiger partial charge on any atom is -0.481 e. The van der Waals surface area contributed by atoms with Gasteiger partial charge >= 0.3 is 5.97 Å². The van der Waals surface area contributed by atoms with Crippen molar-refractivity contribution in [2.75, 3.05) is 6.54 Å². The van der Waals surface area contributed by atoms with Crippen molar-refractivity contribution in [3.05, 3.63) is 32.9 Å². The fraction of sp³-hybridized carbons (Fsp3) is 0.429. The molecule has 0 aromatic heterocycles. The summed E-state index contributed by atoms with van der Waals surface area (Å²) in [5.41, 5.74) is 1.73. The molecule has 102 valence electrons. The molecule has 0 aliphatic carbocycles. The molecule has 2 atom stereocenters. The van der Waals surface area contributed by atoms with Crippen molar-refractivity contribution < 1.29 is 14.7 Å². The third-order valence-corrected chi connectivity index (χ3v) is 5.19. The Morgan fingerprint density at radius 2 is 2.11 bits per heavy atom. The standard InChI is InChI=1S/C14H16INO3/c1-8-4-3-5-11(12(8)15)13(17)16-7-6-10(9(16)2)14(18)19/h3-5,9-10H,6-7H2,1-2H3,(H,18,19). The molecule has 0 radical (unpaired) electrons. The Hall–Kier alpha value is -1.11. The zero-order valence-corrected chi connectivity index (χ0v) is 13.0. The highest BCUT2D eigenvalue weighted by Crippen LogP contribution is 2.27. The predicted molar refractivity (Wildman–Crippen MR) is 80.1 cm³/mol. The van der Waals surface area contributed by atoms with Gasteiger partial charge in [0.05, 0.1) is 11.5 Å². The lowest BCUT2D eigenvalue weighted by Gasteiger charge is -2.24. The molecule has 0 spiro atoms. The van der Waals surface area contributed by atoms with E-state index >= 15 is 0 Å². The number of likely N-dealkylation sites (tertiary alicyclic amines) is 1. The SMILES string of the molecule is Cc1cccc(C(=O)N2CCC(C(=O)O)C2C)c1I. The minimum atomic E-state index is -0.818. The molecule has 1 N–H and O–H groups in total. The Labute approximate surface area is 125 Å². The minimum absolute atomic E-state index is 0.0654. The van der Waals surface area contributed by atoms with Crippen LogP contribution < -0.4 is 0 Å². The number of carbonyl (C=O) groups is 2. The molecule has 1 amide bonds. The number of nitrogens with zero attached hydrogens (tertiary/aromatic N) is 1. The van der Waals surface area contributed by atoms with Crippen LogP contribution in [0.2, 0.25) is 0 Å². The molecule has 4 nitrogen and oxygen atoms in total. The van der Waals surface area contributed by atoms with Crippen LogP contribution in [0.3, 0.4) is 0 Å². The van der Waals surface area contributed by atoms with Crippen LogP contribution in [0.5, 0.6) is 0 Å². The number of amides is 1. The van der Waals surface area contributed by atoms with E-state index in [0.717, 1.165) is 9.13 Å². The fourth-order valence-corrected chi connectivity index (χ4v) is 3.11. The number of rotatable bonds is 2. The van der Waals surface area contributed by atoms with E-state index in [9.17, 15) is 9.59 Å². The van der Waals surface area contributed by atoms with Crippen LogP contribution in [0, 0.1) is 16.4 Å². The van der Waals surface area contributed by atoms with E-state index in [1.807, 2.05) is 26.0 Å². The smallest absolute Gasteiger partial charge is 0.308 e. The van der Waals surface area contributed by atoms with E-state index in [2.05, 4.69) is 22.6 Å². The number of carbonyl (C=O) groups excluding carboxylic acids is 1. The Balaban J connectivity index is 2.26. The van der Waals surface area contributed by atoms with Crippen LogP contribution in [0.1, 0.15) is 29.3 Å². The van der Waals surface area contributed by atoms with E-state index in [4.69, 9.17) is 5.11 Å². The molecule has 0 bridgehead atoms. The van der Waals surface area contributed by atoms with Gasteiger partial charge in [0.25, 0.3) is 5.91 Å². The Kier molecular flexibility index (Phi) is 4.13.